The average Bonchev–Trinajstić information content (AvgIpc) is 4.15. The van der Waals surface area contributed by atoms with Crippen molar-refractivity contribution < 1.29 is 8.83 Å². The second kappa shape index (κ2) is 14.1. The lowest BCUT2D eigenvalue weighted by molar-refractivity contribution is 0.669. The Kier molecular flexibility index (Phi) is 7.65. The summed E-state index contributed by atoms with van der Waals surface area (Å²) < 4.78 is 17.8. The summed E-state index contributed by atoms with van der Waals surface area (Å²) in [5, 5.41) is 11.1. The van der Waals surface area contributed by atoms with Crippen LogP contribution in [0.5, 0.6) is 0 Å². The van der Waals surface area contributed by atoms with E-state index in [1.807, 2.05) is 42.5 Å². The molecule has 0 unspecified atom stereocenters. The fraction of sp³-hybridized carbons (Fsp3) is 0. The third-order valence-electron chi connectivity index (χ3n) is 13.7. The molecule has 0 aliphatic carbocycles. The van der Waals surface area contributed by atoms with Crippen LogP contribution in [0.25, 0.3) is 144 Å². The van der Waals surface area contributed by atoms with Crippen LogP contribution >= 0.6 is 0 Å². The summed E-state index contributed by atoms with van der Waals surface area (Å²) in [5.41, 5.74) is 12.1. The van der Waals surface area contributed by atoms with Crippen molar-refractivity contribution in [1.82, 2.24) is 24.1 Å². The molecule has 0 aliphatic rings. The highest BCUT2D eigenvalue weighted by molar-refractivity contribution is 6.16. The van der Waals surface area contributed by atoms with Gasteiger partial charge in [-0.25, -0.2) is 15.0 Å². The molecule has 0 fully saturated rings. The molecule has 0 N–H and O–H groups in total. The smallest absolute Gasteiger partial charge is 0.167 e. The molecular formula is C61H35N5O2. The number of hydrogen-bond donors (Lipinski definition) is 0. The van der Waals surface area contributed by atoms with Gasteiger partial charge in [0.2, 0.25) is 0 Å². The quantitative estimate of drug-likeness (QED) is 0.172. The number of fused-ring (bicyclic) bond motifs is 13. The number of furan rings is 2. The van der Waals surface area contributed by atoms with Crippen molar-refractivity contribution in [2.45, 2.75) is 0 Å². The van der Waals surface area contributed by atoms with Gasteiger partial charge in [0, 0.05) is 65.6 Å². The fourth-order valence-electron chi connectivity index (χ4n) is 10.6. The summed E-state index contributed by atoms with van der Waals surface area (Å²) in [7, 11) is 0. The SMILES string of the molecule is c1ccc(-n2c3ccccc3c3ccc(-c4nc(-c5ccc6oc7ccccc7c6c5)nc(-c5cc(-n6c7ccccc7c7cc8ccccc8cc76)cc6c5oc5ccccc56)n4)cc32)cc1. The van der Waals surface area contributed by atoms with Crippen molar-refractivity contribution in [2.24, 2.45) is 0 Å². The molecule has 0 aliphatic heterocycles. The molecule has 0 amide bonds. The van der Waals surface area contributed by atoms with Gasteiger partial charge in [-0.1, -0.05) is 127 Å². The Morgan fingerprint density at radius 2 is 0.824 bits per heavy atom. The first kappa shape index (κ1) is 36.9. The van der Waals surface area contributed by atoms with E-state index < -0.39 is 0 Å². The highest BCUT2D eigenvalue weighted by Gasteiger charge is 2.23. The van der Waals surface area contributed by atoms with E-state index in [0.29, 0.717) is 23.1 Å². The Labute approximate surface area is 387 Å². The Bertz CT molecular complexity index is 4570. The van der Waals surface area contributed by atoms with Crippen molar-refractivity contribution in [3.63, 3.8) is 0 Å². The normalized spacial score (nSPS) is 12.1. The average molecular weight is 870 g/mol. The molecule has 0 atom stereocenters. The van der Waals surface area contributed by atoms with Crippen molar-refractivity contribution in [3.8, 4) is 45.5 Å². The Morgan fingerprint density at radius 3 is 1.59 bits per heavy atom. The largest absolute Gasteiger partial charge is 0.456 e. The number of hydrogen-bond acceptors (Lipinski definition) is 5. The van der Waals surface area contributed by atoms with Crippen LogP contribution in [0.2, 0.25) is 0 Å². The zero-order chi connectivity index (χ0) is 44.5. The maximum absolute atomic E-state index is 6.86. The van der Waals surface area contributed by atoms with E-state index in [4.69, 9.17) is 23.8 Å². The summed E-state index contributed by atoms with van der Waals surface area (Å²) in [4.78, 5) is 16.2. The zero-order valence-corrected chi connectivity index (χ0v) is 36.3. The van der Waals surface area contributed by atoms with Crippen LogP contribution in [0.3, 0.4) is 0 Å². The number of para-hydroxylation sites is 5. The van der Waals surface area contributed by atoms with Crippen LogP contribution in [0.15, 0.2) is 221 Å². The molecular weight excluding hydrogens is 835 g/mol. The van der Waals surface area contributed by atoms with E-state index in [-0.39, 0.29) is 0 Å². The minimum absolute atomic E-state index is 0.503. The third-order valence-corrected chi connectivity index (χ3v) is 13.7. The van der Waals surface area contributed by atoms with Crippen LogP contribution < -0.4 is 0 Å². The first-order valence-electron chi connectivity index (χ1n) is 22.8. The number of aromatic nitrogens is 5. The molecule has 5 aromatic heterocycles. The first-order chi connectivity index (χ1) is 33.7. The van der Waals surface area contributed by atoms with Gasteiger partial charge in [-0.05, 0) is 95.7 Å². The molecule has 68 heavy (non-hydrogen) atoms. The maximum Gasteiger partial charge on any atom is 0.167 e. The molecule has 0 bridgehead atoms. The van der Waals surface area contributed by atoms with Gasteiger partial charge < -0.3 is 18.0 Å². The second-order valence-corrected chi connectivity index (χ2v) is 17.6. The van der Waals surface area contributed by atoms with E-state index in [1.54, 1.807) is 0 Å². The molecule has 10 aromatic carbocycles. The fourth-order valence-corrected chi connectivity index (χ4v) is 10.6. The monoisotopic (exact) mass is 869 g/mol. The highest BCUT2D eigenvalue weighted by atomic mass is 16.3. The van der Waals surface area contributed by atoms with Crippen molar-refractivity contribution in [1.29, 1.82) is 0 Å². The predicted molar refractivity (Wildman–Crippen MR) is 277 cm³/mol. The summed E-state index contributed by atoms with van der Waals surface area (Å²) in [6.45, 7) is 0. The van der Waals surface area contributed by atoms with Crippen molar-refractivity contribution in [3.05, 3.63) is 212 Å². The lowest BCUT2D eigenvalue weighted by Crippen LogP contribution is -2.02. The van der Waals surface area contributed by atoms with Crippen LogP contribution in [0, 0.1) is 0 Å². The summed E-state index contributed by atoms with van der Waals surface area (Å²) in [6.07, 6.45) is 0. The molecule has 0 spiro atoms. The van der Waals surface area contributed by atoms with Gasteiger partial charge in [0.25, 0.3) is 0 Å². The topological polar surface area (TPSA) is 74.8 Å². The molecule has 316 valence electrons. The summed E-state index contributed by atoms with van der Waals surface area (Å²) in [5.74, 6) is 1.59. The van der Waals surface area contributed by atoms with Gasteiger partial charge in [-0.15, -0.1) is 0 Å². The summed E-state index contributed by atoms with van der Waals surface area (Å²) in [6, 6.07) is 74.5. The van der Waals surface area contributed by atoms with Gasteiger partial charge >= 0.3 is 0 Å². The molecule has 15 rings (SSSR count). The van der Waals surface area contributed by atoms with Gasteiger partial charge in [0.05, 0.1) is 27.6 Å². The Balaban J connectivity index is 1.03. The molecule has 0 radical (unpaired) electrons. The van der Waals surface area contributed by atoms with E-state index in [1.165, 1.54) is 26.9 Å². The summed E-state index contributed by atoms with van der Waals surface area (Å²) >= 11 is 0. The maximum atomic E-state index is 6.86. The molecule has 7 nitrogen and oxygen atoms in total. The third kappa shape index (κ3) is 5.44. The first-order valence-corrected chi connectivity index (χ1v) is 22.8. The lowest BCUT2D eigenvalue weighted by atomic mass is 10.1. The molecule has 0 saturated carbocycles. The minimum atomic E-state index is 0.503. The highest BCUT2D eigenvalue weighted by Crippen LogP contribution is 2.42. The minimum Gasteiger partial charge on any atom is -0.456 e. The van der Waals surface area contributed by atoms with Crippen molar-refractivity contribution in [2.75, 3.05) is 0 Å². The van der Waals surface area contributed by atoms with Gasteiger partial charge in [-0.2, -0.15) is 0 Å². The van der Waals surface area contributed by atoms with E-state index in [9.17, 15) is 0 Å². The van der Waals surface area contributed by atoms with Crippen LogP contribution in [-0.2, 0) is 0 Å². The van der Waals surface area contributed by atoms with Crippen LogP contribution in [-0.4, -0.2) is 24.1 Å². The van der Waals surface area contributed by atoms with E-state index in [0.717, 1.165) is 93.8 Å². The molecule has 5 heterocycles. The number of nitrogens with zero attached hydrogens (tertiary/aromatic N) is 5. The number of rotatable bonds is 5. The zero-order valence-electron chi connectivity index (χ0n) is 36.3. The predicted octanol–water partition coefficient (Wildman–Crippen LogP) is 16.0. The van der Waals surface area contributed by atoms with E-state index in [2.05, 4.69) is 179 Å². The standard InChI is InChI=1S/C61H35N5O2/c1-2-16-40(17-3-1)65-51-22-10-6-18-42(51)44-28-26-39(33-53(44)65)60-62-59(38-27-29-57-48(31-38)45-20-8-12-24-55(45)67-57)63-61(64-60)50-35-41(34-49-46-21-9-13-25-56(46)68-58(49)50)66-52-23-11-7-19-43(52)47-30-36-14-4-5-15-37(36)32-54(47)66/h1-35H. The van der Waals surface area contributed by atoms with Gasteiger partial charge in [0.15, 0.2) is 17.5 Å². The molecule has 0 saturated heterocycles. The Hall–Kier alpha value is -9.33. The Morgan fingerprint density at radius 1 is 0.294 bits per heavy atom. The van der Waals surface area contributed by atoms with Gasteiger partial charge in [-0.3, -0.25) is 0 Å². The van der Waals surface area contributed by atoms with Gasteiger partial charge in [0.1, 0.15) is 22.3 Å². The second-order valence-electron chi connectivity index (χ2n) is 17.6. The van der Waals surface area contributed by atoms with Crippen LogP contribution in [0.4, 0.5) is 0 Å². The lowest BCUT2D eigenvalue weighted by Gasteiger charge is -2.13. The van der Waals surface area contributed by atoms with E-state index >= 15 is 0 Å². The molecule has 15 aromatic rings. The van der Waals surface area contributed by atoms with Crippen LogP contribution in [0.1, 0.15) is 0 Å². The molecule has 7 heteroatoms. The van der Waals surface area contributed by atoms with Crippen molar-refractivity contribution >= 4 is 98.3 Å². The number of benzene rings is 10.